The fourth-order valence-electron chi connectivity index (χ4n) is 2.70. The van der Waals surface area contributed by atoms with Crippen LogP contribution in [-0.4, -0.2) is 16.2 Å². The van der Waals surface area contributed by atoms with Crippen molar-refractivity contribution in [3.8, 4) is 0 Å². The van der Waals surface area contributed by atoms with Crippen molar-refractivity contribution in [1.29, 1.82) is 0 Å². The fraction of sp³-hybridized carbons (Fsp3) is 0.800. The Labute approximate surface area is 114 Å². The van der Waals surface area contributed by atoms with Crippen LogP contribution in [0, 0.1) is 11.8 Å². The second kappa shape index (κ2) is 5.30. The topological polar surface area (TPSA) is 33.1 Å². The summed E-state index contributed by atoms with van der Waals surface area (Å²) in [5.74, 6) is 1.27. The van der Waals surface area contributed by atoms with Gasteiger partial charge in [-0.2, -0.15) is 0 Å². The minimum atomic E-state index is -0.200. The molecule has 0 radical (unpaired) electrons. The van der Waals surface area contributed by atoms with Gasteiger partial charge < -0.3 is 5.11 Å². The number of hydrogen-bond donors (Lipinski definition) is 1. The number of rotatable bonds is 3. The summed E-state index contributed by atoms with van der Waals surface area (Å²) in [5, 5.41) is 13.5. The molecule has 1 fully saturated rings. The Hall–Kier alpha value is -0.410. The zero-order chi connectivity index (χ0) is 13.3. The summed E-state index contributed by atoms with van der Waals surface area (Å²) in [6, 6.07) is 0. The van der Waals surface area contributed by atoms with E-state index >= 15 is 0 Å². The quantitative estimate of drug-likeness (QED) is 0.904. The van der Waals surface area contributed by atoms with Gasteiger partial charge in [-0.15, -0.1) is 11.3 Å². The molecule has 0 amide bonds. The van der Waals surface area contributed by atoms with Gasteiger partial charge in [0.05, 0.1) is 16.8 Å². The molecule has 0 aliphatic heterocycles. The van der Waals surface area contributed by atoms with Crippen molar-refractivity contribution >= 4 is 11.3 Å². The minimum Gasteiger partial charge on any atom is -0.392 e. The fourth-order valence-corrected chi connectivity index (χ4v) is 3.77. The lowest BCUT2D eigenvalue weighted by Crippen LogP contribution is -2.21. The molecule has 0 spiro atoms. The van der Waals surface area contributed by atoms with E-state index < -0.39 is 0 Å². The molecule has 0 bridgehead atoms. The van der Waals surface area contributed by atoms with Gasteiger partial charge in [0, 0.05) is 17.2 Å². The van der Waals surface area contributed by atoms with Crippen LogP contribution in [-0.2, 0) is 11.8 Å². The molecule has 18 heavy (non-hydrogen) atoms. The van der Waals surface area contributed by atoms with Crippen LogP contribution in [0.1, 0.15) is 57.7 Å². The Morgan fingerprint density at radius 1 is 1.44 bits per heavy atom. The maximum absolute atomic E-state index is 10.3. The first-order valence-electron chi connectivity index (χ1n) is 6.99. The molecule has 3 unspecified atom stereocenters. The van der Waals surface area contributed by atoms with Crippen LogP contribution in [0.5, 0.6) is 0 Å². The molecular weight excluding hydrogens is 242 g/mol. The van der Waals surface area contributed by atoms with Gasteiger partial charge in [0.15, 0.2) is 0 Å². The number of thiazole rings is 1. The summed E-state index contributed by atoms with van der Waals surface area (Å²) in [5.41, 5.74) is 1.26. The van der Waals surface area contributed by atoms with Crippen molar-refractivity contribution in [2.75, 3.05) is 0 Å². The van der Waals surface area contributed by atoms with Crippen molar-refractivity contribution in [1.82, 2.24) is 4.98 Å². The van der Waals surface area contributed by atoms with Crippen LogP contribution in [0.25, 0.3) is 0 Å². The van der Waals surface area contributed by atoms with Gasteiger partial charge in [0.2, 0.25) is 0 Å². The number of aliphatic hydroxyl groups is 1. The Kier molecular flexibility index (Phi) is 4.12. The van der Waals surface area contributed by atoms with Gasteiger partial charge in [-0.05, 0) is 24.7 Å². The molecule has 2 nitrogen and oxygen atoms in total. The smallest absolute Gasteiger partial charge is 0.0954 e. The van der Waals surface area contributed by atoms with Crippen molar-refractivity contribution in [3.63, 3.8) is 0 Å². The predicted molar refractivity (Wildman–Crippen MR) is 77.0 cm³/mol. The Morgan fingerprint density at radius 2 is 2.17 bits per heavy atom. The van der Waals surface area contributed by atoms with Gasteiger partial charge in [0.25, 0.3) is 0 Å². The molecule has 3 heteroatoms. The second-order valence-corrected chi connectivity index (χ2v) is 7.77. The van der Waals surface area contributed by atoms with Crippen LogP contribution in [0.15, 0.2) is 5.38 Å². The van der Waals surface area contributed by atoms with Gasteiger partial charge >= 0.3 is 0 Å². The van der Waals surface area contributed by atoms with Crippen molar-refractivity contribution in [2.24, 2.45) is 11.8 Å². The third kappa shape index (κ3) is 3.33. The molecule has 1 heterocycles. The molecular formula is C15H25NOS. The van der Waals surface area contributed by atoms with Gasteiger partial charge in [-0.3, -0.25) is 0 Å². The average molecular weight is 267 g/mol. The highest BCUT2D eigenvalue weighted by Gasteiger charge is 2.28. The van der Waals surface area contributed by atoms with Crippen molar-refractivity contribution < 1.29 is 5.11 Å². The van der Waals surface area contributed by atoms with Crippen LogP contribution in [0.2, 0.25) is 0 Å². The third-order valence-electron chi connectivity index (χ3n) is 3.98. The molecule has 1 aromatic rings. The van der Waals surface area contributed by atoms with Gasteiger partial charge in [-0.1, -0.05) is 34.1 Å². The number of aliphatic hydroxyl groups excluding tert-OH is 1. The number of aromatic nitrogens is 1. The van der Waals surface area contributed by atoms with E-state index in [1.54, 1.807) is 11.3 Å². The lowest BCUT2D eigenvalue weighted by Gasteiger charge is -2.17. The molecule has 1 aromatic heterocycles. The lowest BCUT2D eigenvalue weighted by atomic mass is 9.93. The van der Waals surface area contributed by atoms with Crippen molar-refractivity contribution in [2.45, 2.75) is 64.9 Å². The zero-order valence-corrected chi connectivity index (χ0v) is 12.8. The monoisotopic (exact) mass is 267 g/mol. The second-order valence-electron chi connectivity index (χ2n) is 6.83. The van der Waals surface area contributed by atoms with Gasteiger partial charge in [0.1, 0.15) is 0 Å². The molecule has 3 atom stereocenters. The van der Waals surface area contributed by atoms with Crippen LogP contribution in [0.4, 0.5) is 0 Å². The normalized spacial score (nSPS) is 26.5. The first-order chi connectivity index (χ1) is 8.36. The molecule has 1 saturated carbocycles. The zero-order valence-electron chi connectivity index (χ0n) is 11.9. The summed E-state index contributed by atoms with van der Waals surface area (Å²) in [7, 11) is 0. The van der Waals surface area contributed by atoms with E-state index in [9.17, 15) is 5.11 Å². The highest BCUT2D eigenvalue weighted by Crippen LogP contribution is 2.34. The van der Waals surface area contributed by atoms with E-state index in [0.29, 0.717) is 5.92 Å². The minimum absolute atomic E-state index is 0.113. The number of nitrogens with zero attached hydrogens (tertiary/aromatic N) is 1. The standard InChI is InChI=1S/C15H25NOS/c1-10-5-6-11(7-10)12(17)8-14-16-13(9-18-14)15(2,3)4/h9-12,17H,5-8H2,1-4H3. The SMILES string of the molecule is CC1CCC(C(O)Cc2nc(C(C)(C)C)cs2)C1. The molecule has 1 N–H and O–H groups in total. The summed E-state index contributed by atoms with van der Waals surface area (Å²) in [6.07, 6.45) is 4.16. The predicted octanol–water partition coefficient (Wildman–Crippen LogP) is 3.78. The first-order valence-corrected chi connectivity index (χ1v) is 7.87. The molecule has 102 valence electrons. The summed E-state index contributed by atoms with van der Waals surface area (Å²) >= 11 is 1.69. The Balaban J connectivity index is 1.95. The lowest BCUT2D eigenvalue weighted by molar-refractivity contribution is 0.109. The maximum Gasteiger partial charge on any atom is 0.0954 e. The summed E-state index contributed by atoms with van der Waals surface area (Å²) < 4.78 is 0. The van der Waals surface area contributed by atoms with E-state index in [-0.39, 0.29) is 11.5 Å². The summed E-state index contributed by atoms with van der Waals surface area (Å²) in [6.45, 7) is 8.83. The van der Waals surface area contributed by atoms with E-state index in [1.807, 2.05) is 0 Å². The average Bonchev–Trinajstić information content (AvgIpc) is 2.85. The van der Waals surface area contributed by atoms with E-state index in [4.69, 9.17) is 0 Å². The summed E-state index contributed by atoms with van der Waals surface area (Å²) in [4.78, 5) is 4.67. The van der Waals surface area contributed by atoms with E-state index in [1.165, 1.54) is 19.3 Å². The van der Waals surface area contributed by atoms with E-state index in [2.05, 4.69) is 38.1 Å². The highest BCUT2D eigenvalue weighted by atomic mass is 32.1. The van der Waals surface area contributed by atoms with Crippen LogP contribution in [0.3, 0.4) is 0 Å². The third-order valence-corrected chi connectivity index (χ3v) is 4.85. The van der Waals surface area contributed by atoms with Gasteiger partial charge in [-0.25, -0.2) is 4.98 Å². The molecule has 1 aliphatic rings. The molecule has 1 aliphatic carbocycles. The largest absolute Gasteiger partial charge is 0.392 e. The Bertz CT molecular complexity index is 393. The molecule has 0 saturated heterocycles. The first kappa shape index (κ1) is 14.0. The highest BCUT2D eigenvalue weighted by molar-refractivity contribution is 7.09. The number of hydrogen-bond acceptors (Lipinski definition) is 3. The molecule has 0 aromatic carbocycles. The molecule has 2 rings (SSSR count). The Morgan fingerprint density at radius 3 is 2.67 bits per heavy atom. The van der Waals surface area contributed by atoms with Crippen molar-refractivity contribution in [3.05, 3.63) is 16.1 Å². The van der Waals surface area contributed by atoms with Crippen LogP contribution < -0.4 is 0 Å². The van der Waals surface area contributed by atoms with Crippen LogP contribution >= 0.6 is 11.3 Å². The van der Waals surface area contributed by atoms with E-state index in [0.717, 1.165) is 23.0 Å². The maximum atomic E-state index is 10.3.